The average molecular weight is 244 g/mol. The van der Waals surface area contributed by atoms with Gasteiger partial charge in [0.1, 0.15) is 5.69 Å². The monoisotopic (exact) mass is 244 g/mol. The maximum absolute atomic E-state index is 11.8. The molecule has 0 unspecified atom stereocenters. The lowest BCUT2D eigenvalue weighted by atomic mass is 10.1. The second-order valence-corrected chi connectivity index (χ2v) is 4.08. The van der Waals surface area contributed by atoms with Crippen molar-refractivity contribution < 1.29 is 14.7 Å². The number of para-hydroxylation sites is 1. The van der Waals surface area contributed by atoms with Crippen molar-refractivity contribution in [2.24, 2.45) is 0 Å². The van der Waals surface area contributed by atoms with Crippen molar-refractivity contribution in [2.75, 3.05) is 14.1 Å². The number of aromatic carboxylic acids is 1. The number of carboxylic acids is 1. The molecule has 92 valence electrons. The summed E-state index contributed by atoms with van der Waals surface area (Å²) >= 11 is 0. The van der Waals surface area contributed by atoms with Crippen LogP contribution in [0.5, 0.6) is 0 Å². The Labute approximate surface area is 104 Å². The first-order valence-corrected chi connectivity index (χ1v) is 5.35. The van der Waals surface area contributed by atoms with Gasteiger partial charge in [-0.15, -0.1) is 0 Å². The molecule has 18 heavy (non-hydrogen) atoms. The molecule has 5 nitrogen and oxygen atoms in total. The van der Waals surface area contributed by atoms with Gasteiger partial charge in [0.2, 0.25) is 0 Å². The first-order valence-electron chi connectivity index (χ1n) is 5.35. The minimum absolute atomic E-state index is 0.0887. The fraction of sp³-hybridized carbons (Fsp3) is 0.154. The molecule has 1 N–H and O–H groups in total. The Morgan fingerprint density at radius 2 is 1.89 bits per heavy atom. The van der Waals surface area contributed by atoms with E-state index in [1.54, 1.807) is 38.4 Å². The van der Waals surface area contributed by atoms with Gasteiger partial charge in [0.25, 0.3) is 5.91 Å². The molecule has 1 aromatic heterocycles. The van der Waals surface area contributed by atoms with Gasteiger partial charge < -0.3 is 10.0 Å². The second-order valence-electron chi connectivity index (χ2n) is 4.08. The van der Waals surface area contributed by atoms with Crippen LogP contribution in [-0.4, -0.2) is 41.0 Å². The van der Waals surface area contributed by atoms with Crippen LogP contribution >= 0.6 is 0 Å². The molecule has 2 rings (SSSR count). The van der Waals surface area contributed by atoms with Crippen LogP contribution in [0.25, 0.3) is 10.9 Å². The zero-order valence-electron chi connectivity index (χ0n) is 10.0. The highest BCUT2D eigenvalue weighted by atomic mass is 16.4. The predicted molar refractivity (Wildman–Crippen MR) is 66.7 cm³/mol. The number of carboxylic acid groups (broad SMARTS) is 1. The molecule has 1 amide bonds. The third kappa shape index (κ3) is 2.02. The molecule has 0 fully saturated rings. The number of amides is 1. The summed E-state index contributed by atoms with van der Waals surface area (Å²) in [6.45, 7) is 0. The topological polar surface area (TPSA) is 70.5 Å². The summed E-state index contributed by atoms with van der Waals surface area (Å²) in [5.41, 5.74) is 0.726. The van der Waals surface area contributed by atoms with Gasteiger partial charge in [0.15, 0.2) is 0 Å². The molecule has 0 saturated carbocycles. The highest BCUT2D eigenvalue weighted by molar-refractivity contribution is 6.05. The van der Waals surface area contributed by atoms with Crippen molar-refractivity contribution >= 4 is 22.8 Å². The molecular weight excluding hydrogens is 232 g/mol. The van der Waals surface area contributed by atoms with E-state index in [0.717, 1.165) is 0 Å². The van der Waals surface area contributed by atoms with Gasteiger partial charge in [-0.1, -0.05) is 18.2 Å². The largest absolute Gasteiger partial charge is 0.478 e. The van der Waals surface area contributed by atoms with Gasteiger partial charge in [0.05, 0.1) is 11.1 Å². The van der Waals surface area contributed by atoms with E-state index in [1.807, 2.05) is 0 Å². The minimum Gasteiger partial charge on any atom is -0.478 e. The summed E-state index contributed by atoms with van der Waals surface area (Å²) in [5, 5.41) is 9.70. The molecule has 0 atom stereocenters. The molecule has 0 spiro atoms. The SMILES string of the molecule is CN(C)C(=O)c1cc(C(=O)O)c2ccccc2n1. The zero-order chi connectivity index (χ0) is 13.3. The number of rotatable bonds is 2. The summed E-state index contributed by atoms with van der Waals surface area (Å²) in [6, 6.07) is 8.17. The van der Waals surface area contributed by atoms with Crippen molar-refractivity contribution in [1.29, 1.82) is 0 Å². The molecule has 1 aromatic carbocycles. The van der Waals surface area contributed by atoms with Crippen LogP contribution in [-0.2, 0) is 0 Å². The van der Waals surface area contributed by atoms with Gasteiger partial charge in [-0.25, -0.2) is 9.78 Å². The molecule has 0 aliphatic carbocycles. The number of nitrogens with zero attached hydrogens (tertiary/aromatic N) is 2. The Morgan fingerprint density at radius 1 is 1.22 bits per heavy atom. The van der Waals surface area contributed by atoms with E-state index in [-0.39, 0.29) is 17.2 Å². The molecule has 0 saturated heterocycles. The molecule has 1 heterocycles. The summed E-state index contributed by atoms with van der Waals surface area (Å²) in [7, 11) is 3.19. The predicted octanol–water partition coefficient (Wildman–Crippen LogP) is 1.63. The number of carbonyl (C=O) groups is 2. The molecule has 0 bridgehead atoms. The van der Waals surface area contributed by atoms with Crippen LogP contribution in [0.2, 0.25) is 0 Å². The van der Waals surface area contributed by atoms with Gasteiger partial charge >= 0.3 is 5.97 Å². The summed E-state index contributed by atoms with van der Waals surface area (Å²) in [5.74, 6) is -1.38. The Balaban J connectivity index is 2.72. The fourth-order valence-corrected chi connectivity index (χ4v) is 1.69. The van der Waals surface area contributed by atoms with Crippen molar-refractivity contribution in [3.8, 4) is 0 Å². The molecule has 2 aromatic rings. The number of aromatic nitrogens is 1. The van der Waals surface area contributed by atoms with Crippen molar-refractivity contribution in [1.82, 2.24) is 9.88 Å². The molecule has 5 heteroatoms. The summed E-state index contributed by atoms with van der Waals surface area (Å²) in [6.07, 6.45) is 0. The Bertz CT molecular complexity index is 635. The van der Waals surface area contributed by atoms with E-state index in [2.05, 4.69) is 4.98 Å². The number of hydrogen-bond donors (Lipinski definition) is 1. The molecular formula is C13H12N2O3. The highest BCUT2D eigenvalue weighted by Crippen LogP contribution is 2.18. The Hall–Kier alpha value is -2.43. The quantitative estimate of drug-likeness (QED) is 0.871. The average Bonchev–Trinajstić information content (AvgIpc) is 2.36. The maximum atomic E-state index is 11.8. The first-order chi connectivity index (χ1) is 8.50. The van der Waals surface area contributed by atoms with Crippen LogP contribution in [0.1, 0.15) is 20.8 Å². The normalized spacial score (nSPS) is 10.3. The summed E-state index contributed by atoms with van der Waals surface area (Å²) in [4.78, 5) is 28.6. The van der Waals surface area contributed by atoms with Crippen LogP contribution < -0.4 is 0 Å². The van der Waals surface area contributed by atoms with Crippen molar-refractivity contribution in [3.63, 3.8) is 0 Å². The van der Waals surface area contributed by atoms with E-state index in [4.69, 9.17) is 0 Å². The number of pyridine rings is 1. The first kappa shape index (κ1) is 12.0. The third-order valence-electron chi connectivity index (χ3n) is 2.57. The van der Waals surface area contributed by atoms with Crippen LogP contribution in [0.4, 0.5) is 0 Å². The second kappa shape index (κ2) is 4.44. The molecule has 0 radical (unpaired) electrons. The number of hydrogen-bond acceptors (Lipinski definition) is 3. The maximum Gasteiger partial charge on any atom is 0.336 e. The highest BCUT2D eigenvalue weighted by Gasteiger charge is 2.16. The van der Waals surface area contributed by atoms with Gasteiger partial charge in [-0.2, -0.15) is 0 Å². The van der Waals surface area contributed by atoms with Crippen molar-refractivity contribution in [3.05, 3.63) is 41.6 Å². The third-order valence-corrected chi connectivity index (χ3v) is 2.57. The number of benzene rings is 1. The zero-order valence-corrected chi connectivity index (χ0v) is 10.0. The van der Waals surface area contributed by atoms with Gasteiger partial charge in [-0.3, -0.25) is 4.79 Å². The van der Waals surface area contributed by atoms with Gasteiger partial charge in [-0.05, 0) is 12.1 Å². The van der Waals surface area contributed by atoms with E-state index >= 15 is 0 Å². The van der Waals surface area contributed by atoms with Crippen LogP contribution in [0.3, 0.4) is 0 Å². The van der Waals surface area contributed by atoms with Crippen LogP contribution in [0.15, 0.2) is 30.3 Å². The van der Waals surface area contributed by atoms with Gasteiger partial charge in [0, 0.05) is 19.5 Å². The summed E-state index contributed by atoms with van der Waals surface area (Å²) < 4.78 is 0. The van der Waals surface area contributed by atoms with E-state index in [1.165, 1.54) is 11.0 Å². The lowest BCUT2D eigenvalue weighted by Crippen LogP contribution is -2.23. The van der Waals surface area contributed by atoms with E-state index < -0.39 is 5.97 Å². The Morgan fingerprint density at radius 3 is 2.50 bits per heavy atom. The fourth-order valence-electron chi connectivity index (χ4n) is 1.69. The smallest absolute Gasteiger partial charge is 0.336 e. The minimum atomic E-state index is -1.07. The Kier molecular flexibility index (Phi) is 2.97. The van der Waals surface area contributed by atoms with E-state index in [0.29, 0.717) is 10.9 Å². The standard InChI is InChI=1S/C13H12N2O3/c1-15(2)12(16)11-7-9(13(17)18)8-5-3-4-6-10(8)14-11/h3-7H,1-2H3,(H,17,18). The lowest BCUT2D eigenvalue weighted by Gasteiger charge is -2.11. The number of fused-ring (bicyclic) bond motifs is 1. The van der Waals surface area contributed by atoms with Crippen molar-refractivity contribution in [2.45, 2.75) is 0 Å². The number of carbonyl (C=O) groups excluding carboxylic acids is 1. The van der Waals surface area contributed by atoms with E-state index in [9.17, 15) is 14.7 Å². The lowest BCUT2D eigenvalue weighted by molar-refractivity contribution is 0.0699. The molecule has 0 aliphatic heterocycles. The molecule has 0 aliphatic rings. The van der Waals surface area contributed by atoms with Crippen LogP contribution in [0, 0.1) is 0 Å².